The molecule has 0 amide bonds. The second-order valence-electron chi connectivity index (χ2n) is 4.48. The van der Waals surface area contributed by atoms with Crippen molar-refractivity contribution in [3.05, 3.63) is 23.8 Å². The third kappa shape index (κ3) is 4.29. The van der Waals surface area contributed by atoms with Gasteiger partial charge in [-0.05, 0) is 18.2 Å². The van der Waals surface area contributed by atoms with Crippen LogP contribution in [0.4, 0.5) is 5.69 Å². The third-order valence-corrected chi connectivity index (χ3v) is 7.27. The van der Waals surface area contributed by atoms with Crippen LogP contribution in [0.3, 0.4) is 0 Å². The van der Waals surface area contributed by atoms with Crippen molar-refractivity contribution >= 4 is 45.2 Å². The van der Waals surface area contributed by atoms with Crippen molar-refractivity contribution in [1.29, 1.82) is 0 Å². The molecule has 0 radical (unpaired) electrons. The van der Waals surface area contributed by atoms with Gasteiger partial charge in [0.25, 0.3) is 0 Å². The van der Waals surface area contributed by atoms with Crippen LogP contribution >= 0.6 is 23.5 Å². The lowest BCUT2D eigenvalue weighted by molar-refractivity contribution is 0.0697. The largest absolute Gasteiger partial charge is 0.478 e. The molecule has 1 fully saturated rings. The summed E-state index contributed by atoms with van der Waals surface area (Å²) < 4.78 is 27.0. The summed E-state index contributed by atoms with van der Waals surface area (Å²) in [7, 11) is -3.72. The Hall–Kier alpha value is -0.900. The maximum Gasteiger partial charge on any atom is 0.335 e. The summed E-state index contributed by atoms with van der Waals surface area (Å²) in [5, 5.41) is 9.10. The second-order valence-corrected chi connectivity index (χ2v) is 8.77. The molecule has 0 aliphatic carbocycles. The molecule has 9 heteroatoms. The van der Waals surface area contributed by atoms with E-state index in [4.69, 9.17) is 10.8 Å². The molecule has 0 spiro atoms. The number of hydrogen-bond donors (Lipinski definition) is 3. The Balaban J connectivity index is 2.10. The second kappa shape index (κ2) is 6.91. The number of anilines is 1. The van der Waals surface area contributed by atoms with Gasteiger partial charge in [0.2, 0.25) is 10.0 Å². The summed E-state index contributed by atoms with van der Waals surface area (Å²) in [6.07, 6.45) is 0. The van der Waals surface area contributed by atoms with Gasteiger partial charge in [-0.1, -0.05) is 0 Å². The molecule has 21 heavy (non-hydrogen) atoms. The average molecular weight is 348 g/mol. The number of aromatic carboxylic acids is 1. The molecule has 0 aromatic heterocycles. The zero-order valence-corrected chi connectivity index (χ0v) is 13.6. The summed E-state index contributed by atoms with van der Waals surface area (Å²) in [6.45, 7) is 0.347. The first-order valence-electron chi connectivity index (χ1n) is 6.22. The minimum Gasteiger partial charge on any atom is -0.478 e. The molecule has 0 bridgehead atoms. The van der Waals surface area contributed by atoms with E-state index in [1.54, 1.807) is 11.8 Å². The van der Waals surface area contributed by atoms with Gasteiger partial charge in [0.15, 0.2) is 0 Å². The standard InChI is InChI=1S/C12H16N2O4S3/c13-10-5-8(12(15)16)1-2-11(10)21(17,18)14-6-9-7-19-3-4-20-9/h1-2,5,9,14H,3-4,6-7,13H2,(H,15,16). The average Bonchev–Trinajstić information content (AvgIpc) is 2.46. The van der Waals surface area contributed by atoms with Crippen LogP contribution in [0.1, 0.15) is 10.4 Å². The van der Waals surface area contributed by atoms with Crippen molar-refractivity contribution < 1.29 is 18.3 Å². The lowest BCUT2D eigenvalue weighted by atomic mass is 10.2. The normalized spacial score (nSPS) is 19.3. The molecule has 6 nitrogen and oxygen atoms in total. The molecular weight excluding hydrogens is 332 g/mol. The van der Waals surface area contributed by atoms with Crippen LogP contribution in [0.15, 0.2) is 23.1 Å². The third-order valence-electron chi connectivity index (χ3n) is 2.93. The minimum atomic E-state index is -3.72. The number of carboxylic acids is 1. The number of nitrogen functional groups attached to an aromatic ring is 1. The highest BCUT2D eigenvalue weighted by Crippen LogP contribution is 2.24. The fourth-order valence-electron chi connectivity index (χ4n) is 1.86. The van der Waals surface area contributed by atoms with E-state index in [0.717, 1.165) is 23.3 Å². The van der Waals surface area contributed by atoms with Crippen molar-refractivity contribution in [2.45, 2.75) is 10.1 Å². The molecule has 116 valence electrons. The zero-order valence-electron chi connectivity index (χ0n) is 11.1. The Bertz CT molecular complexity index is 627. The van der Waals surface area contributed by atoms with Crippen molar-refractivity contribution in [2.24, 2.45) is 0 Å². The molecule has 1 saturated heterocycles. The maximum atomic E-state index is 12.2. The Kier molecular flexibility index (Phi) is 5.42. The number of carboxylic acid groups (broad SMARTS) is 1. The van der Waals surface area contributed by atoms with Gasteiger partial charge in [-0.25, -0.2) is 17.9 Å². The molecule has 1 aromatic rings. The molecule has 4 N–H and O–H groups in total. The van der Waals surface area contributed by atoms with Gasteiger partial charge in [-0.15, -0.1) is 0 Å². The molecule has 1 aliphatic heterocycles. The van der Waals surface area contributed by atoms with Gasteiger partial charge in [0.1, 0.15) is 4.90 Å². The highest BCUT2D eigenvalue weighted by molar-refractivity contribution is 8.06. The van der Waals surface area contributed by atoms with E-state index in [2.05, 4.69) is 4.72 Å². The van der Waals surface area contributed by atoms with E-state index >= 15 is 0 Å². The summed E-state index contributed by atoms with van der Waals surface area (Å²) in [6, 6.07) is 3.62. The lowest BCUT2D eigenvalue weighted by Crippen LogP contribution is -2.33. The predicted octanol–water partition coefficient (Wildman–Crippen LogP) is 1.09. The molecule has 1 unspecified atom stereocenters. The first kappa shape index (κ1) is 16.5. The fourth-order valence-corrected chi connectivity index (χ4v) is 5.77. The number of benzene rings is 1. The molecule has 1 aromatic carbocycles. The molecule has 1 atom stereocenters. The van der Waals surface area contributed by atoms with Crippen LogP contribution in [0, 0.1) is 0 Å². The predicted molar refractivity (Wildman–Crippen MR) is 86.6 cm³/mol. The fraction of sp³-hybridized carbons (Fsp3) is 0.417. The Morgan fingerprint density at radius 3 is 2.76 bits per heavy atom. The van der Waals surface area contributed by atoms with Crippen molar-refractivity contribution in [1.82, 2.24) is 4.72 Å². The molecule has 0 saturated carbocycles. The van der Waals surface area contributed by atoms with E-state index in [1.807, 2.05) is 11.8 Å². The zero-order chi connectivity index (χ0) is 15.5. The van der Waals surface area contributed by atoms with E-state index < -0.39 is 16.0 Å². The number of rotatable bonds is 5. The number of carbonyl (C=O) groups is 1. The topological polar surface area (TPSA) is 109 Å². The summed E-state index contributed by atoms with van der Waals surface area (Å²) >= 11 is 3.57. The van der Waals surface area contributed by atoms with Crippen LogP contribution < -0.4 is 10.5 Å². The van der Waals surface area contributed by atoms with Gasteiger partial charge < -0.3 is 10.8 Å². The highest BCUT2D eigenvalue weighted by Gasteiger charge is 2.21. The van der Waals surface area contributed by atoms with Crippen LogP contribution in [0.2, 0.25) is 0 Å². The molecular formula is C12H16N2O4S3. The Morgan fingerprint density at radius 1 is 1.43 bits per heavy atom. The van der Waals surface area contributed by atoms with Gasteiger partial charge in [-0.3, -0.25) is 0 Å². The molecule has 1 heterocycles. The number of hydrogen-bond acceptors (Lipinski definition) is 6. The van der Waals surface area contributed by atoms with Gasteiger partial charge in [0, 0.05) is 29.1 Å². The van der Waals surface area contributed by atoms with E-state index in [9.17, 15) is 13.2 Å². The van der Waals surface area contributed by atoms with Crippen LogP contribution in [-0.2, 0) is 10.0 Å². The van der Waals surface area contributed by atoms with Crippen LogP contribution in [-0.4, -0.2) is 48.5 Å². The smallest absolute Gasteiger partial charge is 0.335 e. The summed E-state index contributed by atoms with van der Waals surface area (Å²) in [5.74, 6) is 1.89. The lowest BCUT2D eigenvalue weighted by Gasteiger charge is -2.21. The SMILES string of the molecule is Nc1cc(C(=O)O)ccc1S(=O)(=O)NCC1CSCCS1. The van der Waals surface area contributed by atoms with Crippen molar-refractivity contribution in [2.75, 3.05) is 29.5 Å². The summed E-state index contributed by atoms with van der Waals surface area (Å²) in [4.78, 5) is 10.7. The first-order valence-corrected chi connectivity index (χ1v) is 9.90. The number of thioether (sulfide) groups is 2. The van der Waals surface area contributed by atoms with E-state index in [0.29, 0.717) is 6.54 Å². The van der Waals surface area contributed by atoms with E-state index in [1.165, 1.54) is 12.1 Å². The monoisotopic (exact) mass is 348 g/mol. The Labute approximate surface area is 131 Å². The van der Waals surface area contributed by atoms with Gasteiger partial charge in [-0.2, -0.15) is 23.5 Å². The first-order chi connectivity index (χ1) is 9.90. The number of nitrogens with two attached hydrogens (primary N) is 1. The molecule has 2 rings (SSSR count). The minimum absolute atomic E-state index is 0.0364. The Morgan fingerprint density at radius 2 is 2.19 bits per heavy atom. The number of sulfonamides is 1. The van der Waals surface area contributed by atoms with Gasteiger partial charge in [0.05, 0.1) is 11.3 Å². The highest BCUT2D eigenvalue weighted by atomic mass is 32.2. The quantitative estimate of drug-likeness (QED) is 0.683. The van der Waals surface area contributed by atoms with Crippen molar-refractivity contribution in [3.8, 4) is 0 Å². The molecule has 1 aliphatic rings. The maximum absolute atomic E-state index is 12.2. The summed E-state index contributed by atoms with van der Waals surface area (Å²) in [5.41, 5.74) is 5.56. The van der Waals surface area contributed by atoms with E-state index in [-0.39, 0.29) is 21.4 Å². The van der Waals surface area contributed by atoms with Crippen molar-refractivity contribution in [3.63, 3.8) is 0 Å². The van der Waals surface area contributed by atoms with Gasteiger partial charge >= 0.3 is 5.97 Å². The van der Waals surface area contributed by atoms with Crippen LogP contribution in [0.5, 0.6) is 0 Å². The number of nitrogens with one attached hydrogen (secondary N) is 1. The van der Waals surface area contributed by atoms with Crippen LogP contribution in [0.25, 0.3) is 0 Å².